The van der Waals surface area contributed by atoms with Crippen LogP contribution in [0.25, 0.3) is 0 Å². The molecule has 1 aromatic heterocycles. The maximum Gasteiger partial charge on any atom is 0.164 e. The maximum absolute atomic E-state index is 13.2. The summed E-state index contributed by atoms with van der Waals surface area (Å²) in [6.07, 6.45) is 0.843. The van der Waals surface area contributed by atoms with Crippen LogP contribution in [0, 0.1) is 5.82 Å². The molecule has 1 aliphatic heterocycles. The van der Waals surface area contributed by atoms with Gasteiger partial charge in [0.05, 0.1) is 18.0 Å². The summed E-state index contributed by atoms with van der Waals surface area (Å²) in [5.41, 5.74) is 0.493. The average Bonchev–Trinajstić information content (AvgIpc) is 2.04. The normalized spacial score (nSPS) is 17.3. The van der Waals surface area contributed by atoms with E-state index in [4.69, 9.17) is 5.11 Å². The monoisotopic (exact) mass is 246 g/mol. The van der Waals surface area contributed by atoms with E-state index in [9.17, 15) is 4.39 Å². The minimum atomic E-state index is -0.352. The Hall–Kier alpha value is -0.680. The number of β-amino-alcohol motifs (C(OH)–C–C–N with tert-alkyl or cyclic N) is 1. The van der Waals surface area contributed by atoms with Gasteiger partial charge in [0, 0.05) is 13.1 Å². The van der Waals surface area contributed by atoms with Crippen LogP contribution in [0.3, 0.4) is 0 Å². The van der Waals surface area contributed by atoms with Crippen LogP contribution in [0.15, 0.2) is 16.9 Å². The third kappa shape index (κ3) is 1.66. The fourth-order valence-corrected chi connectivity index (χ4v) is 1.62. The van der Waals surface area contributed by atoms with Crippen LogP contribution < -0.4 is 4.90 Å². The van der Waals surface area contributed by atoms with Crippen molar-refractivity contribution >= 4 is 21.6 Å². The minimum absolute atomic E-state index is 0.327. The molecule has 0 spiro atoms. The van der Waals surface area contributed by atoms with E-state index >= 15 is 0 Å². The van der Waals surface area contributed by atoms with Gasteiger partial charge in [0.15, 0.2) is 5.82 Å². The van der Waals surface area contributed by atoms with Gasteiger partial charge in [0.1, 0.15) is 4.60 Å². The molecule has 0 aromatic carbocycles. The fraction of sp³-hybridized carbons (Fsp3) is 0.375. The molecule has 1 saturated heterocycles. The molecular formula is C8H8BrFN2O. The number of halogens is 2. The van der Waals surface area contributed by atoms with Crippen LogP contribution in [0.2, 0.25) is 0 Å². The quantitative estimate of drug-likeness (QED) is 0.756. The summed E-state index contributed by atoms with van der Waals surface area (Å²) in [6.45, 7) is 0.987. The predicted molar refractivity (Wildman–Crippen MR) is 50.1 cm³/mol. The van der Waals surface area contributed by atoms with E-state index in [1.807, 2.05) is 0 Å². The van der Waals surface area contributed by atoms with Crippen molar-refractivity contribution in [3.05, 3.63) is 22.7 Å². The van der Waals surface area contributed by atoms with Crippen molar-refractivity contribution in [2.45, 2.75) is 6.10 Å². The number of hydrogen-bond acceptors (Lipinski definition) is 3. The van der Waals surface area contributed by atoms with Crippen molar-refractivity contribution in [3.8, 4) is 0 Å². The van der Waals surface area contributed by atoms with Crippen molar-refractivity contribution in [2.75, 3.05) is 18.0 Å². The number of aliphatic hydroxyl groups excluding tert-OH is 1. The van der Waals surface area contributed by atoms with Crippen molar-refractivity contribution in [1.82, 2.24) is 4.98 Å². The van der Waals surface area contributed by atoms with Gasteiger partial charge < -0.3 is 10.0 Å². The van der Waals surface area contributed by atoms with Crippen LogP contribution >= 0.6 is 15.9 Å². The highest BCUT2D eigenvalue weighted by atomic mass is 79.9. The third-order valence-electron chi connectivity index (χ3n) is 2.00. The first-order valence-corrected chi connectivity index (χ1v) is 4.70. The summed E-state index contributed by atoms with van der Waals surface area (Å²) >= 11 is 3.17. The Morgan fingerprint density at radius 2 is 2.31 bits per heavy atom. The fourth-order valence-electron chi connectivity index (χ4n) is 1.30. The molecule has 1 aliphatic rings. The molecule has 5 heteroatoms. The smallest absolute Gasteiger partial charge is 0.164 e. The summed E-state index contributed by atoms with van der Waals surface area (Å²) in [7, 11) is 0. The predicted octanol–water partition coefficient (Wildman–Crippen LogP) is 1.16. The zero-order valence-electron chi connectivity index (χ0n) is 6.74. The lowest BCUT2D eigenvalue weighted by molar-refractivity contribution is 0.141. The Balaban J connectivity index is 2.24. The number of hydrogen-bond donors (Lipinski definition) is 1. The van der Waals surface area contributed by atoms with Gasteiger partial charge in [-0.1, -0.05) is 0 Å². The summed E-state index contributed by atoms with van der Waals surface area (Å²) < 4.78 is 13.8. The van der Waals surface area contributed by atoms with Gasteiger partial charge in [-0.3, -0.25) is 0 Å². The topological polar surface area (TPSA) is 36.4 Å². The summed E-state index contributed by atoms with van der Waals surface area (Å²) in [5, 5.41) is 9.05. The van der Waals surface area contributed by atoms with Crippen molar-refractivity contribution < 1.29 is 9.50 Å². The first-order chi connectivity index (χ1) is 6.16. The zero-order chi connectivity index (χ0) is 9.42. The average molecular weight is 247 g/mol. The molecule has 2 rings (SSSR count). The highest BCUT2D eigenvalue weighted by Gasteiger charge is 2.26. The molecule has 3 nitrogen and oxygen atoms in total. The summed E-state index contributed by atoms with van der Waals surface area (Å²) in [4.78, 5) is 5.52. The Morgan fingerprint density at radius 3 is 2.92 bits per heavy atom. The van der Waals surface area contributed by atoms with E-state index in [1.165, 1.54) is 6.20 Å². The second-order valence-corrected chi connectivity index (χ2v) is 3.83. The number of aromatic nitrogens is 1. The first-order valence-electron chi connectivity index (χ1n) is 3.91. The van der Waals surface area contributed by atoms with Crippen molar-refractivity contribution in [1.29, 1.82) is 0 Å². The Bertz CT molecular complexity index is 328. The molecule has 0 radical (unpaired) electrons. The van der Waals surface area contributed by atoms with Crippen LogP contribution in [-0.4, -0.2) is 29.3 Å². The second-order valence-electron chi connectivity index (χ2n) is 3.02. The molecular weight excluding hydrogens is 239 g/mol. The highest BCUT2D eigenvalue weighted by Crippen LogP contribution is 2.25. The van der Waals surface area contributed by atoms with Crippen molar-refractivity contribution in [3.63, 3.8) is 0 Å². The number of nitrogens with zero attached hydrogens (tertiary/aromatic N) is 2. The van der Waals surface area contributed by atoms with E-state index < -0.39 is 0 Å². The van der Waals surface area contributed by atoms with Crippen LogP contribution in [0.4, 0.5) is 10.1 Å². The van der Waals surface area contributed by atoms with Gasteiger partial charge >= 0.3 is 0 Å². The molecule has 70 valence electrons. The van der Waals surface area contributed by atoms with Gasteiger partial charge in [-0.15, -0.1) is 0 Å². The minimum Gasteiger partial charge on any atom is -0.389 e. The molecule has 0 saturated carbocycles. The second kappa shape index (κ2) is 3.23. The first kappa shape index (κ1) is 8.90. The molecule has 2 heterocycles. The lowest BCUT2D eigenvalue weighted by Crippen LogP contribution is -2.51. The SMILES string of the molecule is OC1CN(c2cc(Br)ncc2F)C1. The van der Waals surface area contributed by atoms with Crippen molar-refractivity contribution in [2.24, 2.45) is 0 Å². The number of anilines is 1. The van der Waals surface area contributed by atoms with E-state index in [-0.39, 0.29) is 11.9 Å². The number of pyridine rings is 1. The molecule has 0 bridgehead atoms. The molecule has 0 aliphatic carbocycles. The van der Waals surface area contributed by atoms with Crippen LogP contribution in [0.1, 0.15) is 0 Å². The molecule has 1 fully saturated rings. The molecule has 1 N–H and O–H groups in total. The van der Waals surface area contributed by atoms with E-state index in [2.05, 4.69) is 20.9 Å². The van der Waals surface area contributed by atoms with Gasteiger partial charge in [-0.05, 0) is 22.0 Å². The molecule has 0 amide bonds. The molecule has 1 aromatic rings. The van der Waals surface area contributed by atoms with E-state index in [1.54, 1.807) is 11.0 Å². The Labute approximate surface area is 83.3 Å². The van der Waals surface area contributed by atoms with E-state index in [0.717, 1.165) is 0 Å². The summed E-state index contributed by atoms with van der Waals surface area (Å²) in [5.74, 6) is -0.352. The van der Waals surface area contributed by atoms with Gasteiger partial charge in [-0.25, -0.2) is 9.37 Å². The number of aliphatic hydroxyl groups is 1. The zero-order valence-corrected chi connectivity index (χ0v) is 8.33. The molecule has 13 heavy (non-hydrogen) atoms. The third-order valence-corrected chi connectivity index (χ3v) is 2.44. The van der Waals surface area contributed by atoms with E-state index in [0.29, 0.717) is 23.4 Å². The standard InChI is InChI=1S/C8H8BrFN2O/c9-8-1-7(6(10)2-11-8)12-3-5(13)4-12/h1-2,5,13H,3-4H2. The Morgan fingerprint density at radius 1 is 1.62 bits per heavy atom. The molecule has 0 unspecified atom stereocenters. The lowest BCUT2D eigenvalue weighted by atomic mass is 10.1. The van der Waals surface area contributed by atoms with Gasteiger partial charge in [-0.2, -0.15) is 0 Å². The number of rotatable bonds is 1. The van der Waals surface area contributed by atoms with Crippen LogP contribution in [0.5, 0.6) is 0 Å². The maximum atomic E-state index is 13.2. The molecule has 0 atom stereocenters. The summed E-state index contributed by atoms with van der Waals surface area (Å²) in [6, 6.07) is 1.61. The van der Waals surface area contributed by atoms with Crippen LogP contribution in [-0.2, 0) is 0 Å². The Kier molecular flexibility index (Phi) is 2.21. The lowest BCUT2D eigenvalue weighted by Gasteiger charge is -2.37. The largest absolute Gasteiger partial charge is 0.389 e. The highest BCUT2D eigenvalue weighted by molar-refractivity contribution is 9.10. The van der Waals surface area contributed by atoms with Gasteiger partial charge in [0.25, 0.3) is 0 Å². The van der Waals surface area contributed by atoms with Gasteiger partial charge in [0.2, 0.25) is 0 Å².